The van der Waals surface area contributed by atoms with Crippen LogP contribution in [0.25, 0.3) is 0 Å². The van der Waals surface area contributed by atoms with Crippen LogP contribution in [0.3, 0.4) is 0 Å². The van der Waals surface area contributed by atoms with E-state index in [2.05, 4.69) is 4.98 Å². The van der Waals surface area contributed by atoms with Crippen molar-refractivity contribution < 1.29 is 9.53 Å². The number of rotatable bonds is 2. The van der Waals surface area contributed by atoms with Gasteiger partial charge in [-0.15, -0.1) is 0 Å². The van der Waals surface area contributed by atoms with Crippen LogP contribution in [0, 0.1) is 0 Å². The second-order valence-corrected chi connectivity index (χ2v) is 3.82. The third-order valence-electron chi connectivity index (χ3n) is 2.67. The summed E-state index contributed by atoms with van der Waals surface area (Å²) in [5, 5.41) is 0. The topological polar surface area (TPSA) is 68.5 Å². The molecule has 5 nitrogen and oxygen atoms in total. The van der Waals surface area contributed by atoms with Gasteiger partial charge in [-0.3, -0.25) is 9.69 Å². The maximum absolute atomic E-state index is 12.0. The molecule has 1 unspecified atom stereocenters. The van der Waals surface area contributed by atoms with Gasteiger partial charge in [-0.1, -0.05) is 0 Å². The van der Waals surface area contributed by atoms with E-state index < -0.39 is 0 Å². The van der Waals surface area contributed by atoms with E-state index in [9.17, 15) is 4.79 Å². The lowest BCUT2D eigenvalue weighted by Gasteiger charge is -2.20. The first-order chi connectivity index (χ1) is 7.70. The van der Waals surface area contributed by atoms with Crippen LogP contribution in [0.5, 0.6) is 0 Å². The van der Waals surface area contributed by atoms with E-state index in [1.165, 1.54) is 4.90 Å². The summed E-state index contributed by atoms with van der Waals surface area (Å²) in [6, 6.07) is 3.46. The summed E-state index contributed by atoms with van der Waals surface area (Å²) in [5.41, 5.74) is 6.26. The van der Waals surface area contributed by atoms with Crippen molar-refractivity contribution in [2.45, 2.75) is 18.9 Å². The number of nitrogens with two attached hydrogens (primary N) is 1. The van der Waals surface area contributed by atoms with Gasteiger partial charge in [0.15, 0.2) is 5.82 Å². The minimum atomic E-state index is -0.341. The van der Waals surface area contributed by atoms with Gasteiger partial charge in [0.2, 0.25) is 0 Å². The maximum atomic E-state index is 12.0. The molecule has 0 spiro atoms. The number of aromatic nitrogens is 1. The normalized spacial score (nSPS) is 19.7. The molecule has 1 aromatic heterocycles. The van der Waals surface area contributed by atoms with Gasteiger partial charge in [-0.2, -0.15) is 0 Å². The quantitative estimate of drug-likeness (QED) is 0.802. The highest BCUT2D eigenvalue weighted by Gasteiger charge is 2.28. The van der Waals surface area contributed by atoms with Crippen LogP contribution in [0.1, 0.15) is 12.8 Å². The van der Waals surface area contributed by atoms with Crippen molar-refractivity contribution in [3.05, 3.63) is 18.3 Å². The predicted molar refractivity (Wildman–Crippen MR) is 61.0 cm³/mol. The monoisotopic (exact) mass is 221 g/mol. The molecule has 1 atom stereocenters. The van der Waals surface area contributed by atoms with E-state index in [-0.39, 0.29) is 12.0 Å². The van der Waals surface area contributed by atoms with Crippen molar-refractivity contribution in [2.24, 2.45) is 0 Å². The molecule has 1 amide bonds. The molecule has 2 rings (SSSR count). The van der Waals surface area contributed by atoms with Crippen molar-refractivity contribution in [1.29, 1.82) is 0 Å². The highest BCUT2D eigenvalue weighted by Crippen LogP contribution is 2.21. The molecular weight excluding hydrogens is 206 g/mol. The zero-order chi connectivity index (χ0) is 11.5. The molecule has 1 saturated heterocycles. The molecule has 0 bridgehead atoms. The Bertz CT molecular complexity index is 389. The lowest BCUT2D eigenvalue weighted by Crippen LogP contribution is -2.36. The van der Waals surface area contributed by atoms with Crippen molar-refractivity contribution in [3.63, 3.8) is 0 Å². The smallest absolute Gasteiger partial charge is 0.257 e. The Hall–Kier alpha value is -1.62. The average Bonchev–Trinajstić information content (AvgIpc) is 2.81. The molecule has 2 heterocycles. The van der Waals surface area contributed by atoms with Gasteiger partial charge in [0.1, 0.15) is 6.10 Å². The fraction of sp³-hybridized carbons (Fsp3) is 0.455. The SMILES string of the molecule is CN(C(=O)C1CCCO1)c1ncccc1N. The Kier molecular flexibility index (Phi) is 3.05. The average molecular weight is 221 g/mol. The minimum Gasteiger partial charge on any atom is -0.396 e. The second kappa shape index (κ2) is 4.49. The summed E-state index contributed by atoms with van der Waals surface area (Å²) in [6.45, 7) is 0.655. The molecule has 5 heteroatoms. The number of hydrogen-bond donors (Lipinski definition) is 1. The number of likely N-dealkylation sites (N-methyl/N-ethyl adjacent to an activating group) is 1. The van der Waals surface area contributed by atoms with Crippen molar-refractivity contribution in [2.75, 3.05) is 24.3 Å². The van der Waals surface area contributed by atoms with Crippen molar-refractivity contribution in [1.82, 2.24) is 4.98 Å². The Morgan fingerprint density at radius 3 is 3.12 bits per heavy atom. The number of anilines is 2. The van der Waals surface area contributed by atoms with Crippen LogP contribution in [0.2, 0.25) is 0 Å². The Morgan fingerprint density at radius 2 is 2.50 bits per heavy atom. The van der Waals surface area contributed by atoms with Gasteiger partial charge in [0.25, 0.3) is 5.91 Å². The largest absolute Gasteiger partial charge is 0.396 e. The summed E-state index contributed by atoms with van der Waals surface area (Å²) in [5.74, 6) is 0.408. The summed E-state index contributed by atoms with van der Waals surface area (Å²) in [4.78, 5) is 17.6. The van der Waals surface area contributed by atoms with Gasteiger partial charge < -0.3 is 10.5 Å². The van der Waals surface area contributed by atoms with Gasteiger partial charge in [-0.05, 0) is 25.0 Å². The molecule has 1 fully saturated rings. The zero-order valence-corrected chi connectivity index (χ0v) is 9.22. The van der Waals surface area contributed by atoms with Gasteiger partial charge in [0.05, 0.1) is 5.69 Å². The predicted octanol–water partition coefficient (Wildman–Crippen LogP) is 0.806. The number of carbonyl (C=O) groups excluding carboxylic acids is 1. The van der Waals surface area contributed by atoms with Crippen LogP contribution in [-0.4, -0.2) is 30.6 Å². The molecule has 16 heavy (non-hydrogen) atoms. The van der Waals surface area contributed by atoms with Crippen LogP contribution >= 0.6 is 0 Å². The molecule has 86 valence electrons. The number of amides is 1. The van der Waals surface area contributed by atoms with E-state index in [0.717, 1.165) is 12.8 Å². The summed E-state index contributed by atoms with van der Waals surface area (Å²) in [7, 11) is 1.67. The van der Waals surface area contributed by atoms with E-state index >= 15 is 0 Å². The van der Waals surface area contributed by atoms with Gasteiger partial charge in [0, 0.05) is 19.9 Å². The number of hydrogen-bond acceptors (Lipinski definition) is 4. The van der Waals surface area contributed by atoms with Crippen molar-refractivity contribution in [3.8, 4) is 0 Å². The highest BCUT2D eigenvalue weighted by molar-refractivity contribution is 5.97. The molecule has 0 saturated carbocycles. The van der Waals surface area contributed by atoms with Crippen LogP contribution < -0.4 is 10.6 Å². The standard InChI is InChI=1S/C11H15N3O2/c1-14(10-8(12)4-2-6-13-10)11(15)9-5-3-7-16-9/h2,4,6,9H,3,5,7,12H2,1H3. The van der Waals surface area contributed by atoms with Crippen molar-refractivity contribution >= 4 is 17.4 Å². The number of carbonyl (C=O) groups is 1. The van der Waals surface area contributed by atoms with E-state index in [0.29, 0.717) is 18.1 Å². The Balaban J connectivity index is 2.15. The first-order valence-electron chi connectivity index (χ1n) is 5.30. The minimum absolute atomic E-state index is 0.0806. The van der Waals surface area contributed by atoms with Gasteiger partial charge >= 0.3 is 0 Å². The number of ether oxygens (including phenoxy) is 1. The third-order valence-corrected chi connectivity index (χ3v) is 2.67. The molecule has 2 N–H and O–H groups in total. The van der Waals surface area contributed by atoms with Crippen LogP contribution in [0.15, 0.2) is 18.3 Å². The van der Waals surface area contributed by atoms with Gasteiger partial charge in [-0.25, -0.2) is 4.98 Å². The molecule has 0 aromatic carbocycles. The molecule has 1 aliphatic heterocycles. The summed E-state index contributed by atoms with van der Waals surface area (Å²) in [6.07, 6.45) is 2.98. The number of nitrogen functional groups attached to an aromatic ring is 1. The first kappa shape index (κ1) is 10.9. The third kappa shape index (κ3) is 1.99. The fourth-order valence-electron chi connectivity index (χ4n) is 1.78. The molecule has 0 radical (unpaired) electrons. The number of pyridine rings is 1. The fourth-order valence-corrected chi connectivity index (χ4v) is 1.78. The first-order valence-corrected chi connectivity index (χ1v) is 5.30. The van der Waals surface area contributed by atoms with Crippen LogP contribution in [0.4, 0.5) is 11.5 Å². The Morgan fingerprint density at radius 1 is 1.69 bits per heavy atom. The molecule has 0 aliphatic carbocycles. The number of nitrogens with zero attached hydrogens (tertiary/aromatic N) is 2. The lowest BCUT2D eigenvalue weighted by atomic mass is 10.2. The van der Waals surface area contributed by atoms with E-state index in [1.807, 2.05) is 0 Å². The summed E-state index contributed by atoms with van der Waals surface area (Å²) >= 11 is 0. The van der Waals surface area contributed by atoms with Crippen LogP contribution in [-0.2, 0) is 9.53 Å². The molecule has 1 aromatic rings. The lowest BCUT2D eigenvalue weighted by molar-refractivity contribution is -0.127. The van der Waals surface area contributed by atoms with E-state index in [4.69, 9.17) is 10.5 Å². The zero-order valence-electron chi connectivity index (χ0n) is 9.22. The maximum Gasteiger partial charge on any atom is 0.257 e. The highest BCUT2D eigenvalue weighted by atomic mass is 16.5. The Labute approximate surface area is 94.2 Å². The van der Waals surface area contributed by atoms with E-state index in [1.54, 1.807) is 25.4 Å². The molecular formula is C11H15N3O2. The summed E-state index contributed by atoms with van der Waals surface area (Å²) < 4.78 is 5.34. The molecule has 1 aliphatic rings. The second-order valence-electron chi connectivity index (χ2n) is 3.82.